The van der Waals surface area contributed by atoms with Crippen LogP contribution in [0.5, 0.6) is 0 Å². The van der Waals surface area contributed by atoms with Crippen LogP contribution in [0.15, 0.2) is 55.0 Å². The number of hydrogen-bond acceptors (Lipinski definition) is 3. The third kappa shape index (κ3) is 2.50. The number of aromatic nitrogens is 2. The van der Waals surface area contributed by atoms with Gasteiger partial charge in [-0.3, -0.25) is 0 Å². The zero-order chi connectivity index (χ0) is 15.8. The Morgan fingerprint density at radius 2 is 2.00 bits per heavy atom. The van der Waals surface area contributed by atoms with Crippen LogP contribution in [0.2, 0.25) is 5.02 Å². The summed E-state index contributed by atoms with van der Waals surface area (Å²) in [6.45, 7) is 0.557. The molecule has 2 heterocycles. The predicted octanol–water partition coefficient (Wildman–Crippen LogP) is 4.13. The van der Waals surface area contributed by atoms with Crippen molar-refractivity contribution in [3.8, 4) is 11.3 Å². The Morgan fingerprint density at radius 1 is 1.13 bits per heavy atom. The van der Waals surface area contributed by atoms with E-state index >= 15 is 0 Å². The molecule has 1 aromatic heterocycles. The Bertz CT molecular complexity index is 882. The first kappa shape index (κ1) is 14.3. The van der Waals surface area contributed by atoms with Crippen LogP contribution in [-0.4, -0.2) is 9.97 Å². The number of halogens is 2. The van der Waals surface area contributed by atoms with Crippen LogP contribution in [0.25, 0.3) is 11.3 Å². The molecule has 5 heteroatoms. The van der Waals surface area contributed by atoms with E-state index in [1.54, 1.807) is 18.3 Å². The van der Waals surface area contributed by atoms with Gasteiger partial charge in [0.1, 0.15) is 12.1 Å². The molecule has 1 aliphatic rings. The first-order chi connectivity index (χ1) is 11.2. The third-order valence-electron chi connectivity index (χ3n) is 4.08. The fraction of sp³-hybridized carbons (Fsp3) is 0.111. The van der Waals surface area contributed by atoms with Gasteiger partial charge in [-0.05, 0) is 23.8 Å². The number of fused-ring (bicyclic) bond motifs is 3. The van der Waals surface area contributed by atoms with E-state index in [9.17, 15) is 4.39 Å². The molecule has 4 rings (SSSR count). The maximum Gasteiger partial charge on any atom is 0.128 e. The molecule has 0 aliphatic carbocycles. The van der Waals surface area contributed by atoms with Gasteiger partial charge in [0, 0.05) is 34.5 Å². The molecule has 0 fully saturated rings. The molecule has 23 heavy (non-hydrogen) atoms. The molecule has 3 nitrogen and oxygen atoms in total. The van der Waals surface area contributed by atoms with Gasteiger partial charge in [-0.1, -0.05) is 35.9 Å². The van der Waals surface area contributed by atoms with Crippen LogP contribution in [0.3, 0.4) is 0 Å². The summed E-state index contributed by atoms with van der Waals surface area (Å²) < 4.78 is 14.3. The van der Waals surface area contributed by atoms with E-state index < -0.39 is 0 Å². The van der Waals surface area contributed by atoms with Crippen molar-refractivity contribution in [1.82, 2.24) is 15.3 Å². The molecule has 2 aromatic carbocycles. The highest BCUT2D eigenvalue weighted by atomic mass is 35.5. The second kappa shape index (κ2) is 5.72. The highest BCUT2D eigenvalue weighted by molar-refractivity contribution is 6.30. The minimum atomic E-state index is -0.293. The second-order valence-electron chi connectivity index (χ2n) is 5.46. The first-order valence-corrected chi connectivity index (χ1v) is 7.68. The smallest absolute Gasteiger partial charge is 0.128 e. The van der Waals surface area contributed by atoms with Gasteiger partial charge in [0.25, 0.3) is 0 Å². The van der Waals surface area contributed by atoms with Gasteiger partial charge in [0.05, 0.1) is 11.7 Å². The molecule has 1 atom stereocenters. The van der Waals surface area contributed by atoms with Crippen molar-refractivity contribution in [3.05, 3.63) is 82.5 Å². The average Bonchev–Trinajstić information content (AvgIpc) is 2.72. The van der Waals surface area contributed by atoms with Crippen LogP contribution < -0.4 is 5.32 Å². The summed E-state index contributed by atoms with van der Waals surface area (Å²) in [6.07, 6.45) is 3.32. The summed E-state index contributed by atoms with van der Waals surface area (Å²) in [4.78, 5) is 8.51. The van der Waals surface area contributed by atoms with Crippen LogP contribution in [-0.2, 0) is 6.54 Å². The molecular weight excluding hydrogens is 313 g/mol. The van der Waals surface area contributed by atoms with E-state index in [-0.39, 0.29) is 11.9 Å². The zero-order valence-corrected chi connectivity index (χ0v) is 12.9. The molecule has 0 saturated carbocycles. The third-order valence-corrected chi connectivity index (χ3v) is 4.32. The SMILES string of the molecule is Fc1ccccc1C1NCc2cncnc2-c2ccc(Cl)cc21. The van der Waals surface area contributed by atoms with Crippen molar-refractivity contribution in [1.29, 1.82) is 0 Å². The van der Waals surface area contributed by atoms with Gasteiger partial charge in [-0.25, -0.2) is 14.4 Å². The number of rotatable bonds is 1. The van der Waals surface area contributed by atoms with Gasteiger partial charge in [-0.2, -0.15) is 0 Å². The Hall–Kier alpha value is -2.30. The van der Waals surface area contributed by atoms with E-state index in [0.717, 1.165) is 22.4 Å². The summed E-state index contributed by atoms with van der Waals surface area (Å²) in [7, 11) is 0. The summed E-state index contributed by atoms with van der Waals surface area (Å²) in [5.41, 5.74) is 4.30. The molecule has 1 aliphatic heterocycles. The lowest BCUT2D eigenvalue weighted by atomic mass is 9.93. The van der Waals surface area contributed by atoms with Crippen LogP contribution >= 0.6 is 11.6 Å². The molecule has 0 saturated heterocycles. The van der Waals surface area contributed by atoms with E-state index in [0.29, 0.717) is 17.1 Å². The van der Waals surface area contributed by atoms with Crippen molar-refractivity contribution < 1.29 is 4.39 Å². The Labute approximate surface area is 138 Å². The standard InChI is InChI=1S/C18H13ClFN3/c19-12-5-6-13-15(7-12)18(14-3-1-2-4-16(14)20)22-9-11-8-21-10-23-17(11)13/h1-8,10,18,22H,9H2. The van der Waals surface area contributed by atoms with Crippen LogP contribution in [0.1, 0.15) is 22.7 Å². The minimum absolute atomic E-state index is 0.243. The largest absolute Gasteiger partial charge is 0.302 e. The molecule has 1 unspecified atom stereocenters. The lowest BCUT2D eigenvalue weighted by Gasteiger charge is -2.20. The van der Waals surface area contributed by atoms with Crippen LogP contribution in [0.4, 0.5) is 4.39 Å². The quantitative estimate of drug-likeness (QED) is 0.731. The maximum absolute atomic E-state index is 14.3. The van der Waals surface area contributed by atoms with Crippen molar-refractivity contribution in [2.24, 2.45) is 0 Å². The lowest BCUT2D eigenvalue weighted by Crippen LogP contribution is -2.21. The summed E-state index contributed by atoms with van der Waals surface area (Å²) >= 11 is 6.20. The average molecular weight is 326 g/mol. The summed E-state index contributed by atoms with van der Waals surface area (Å²) in [6, 6.07) is 12.1. The van der Waals surface area contributed by atoms with Gasteiger partial charge < -0.3 is 5.32 Å². The van der Waals surface area contributed by atoms with Gasteiger partial charge >= 0.3 is 0 Å². The second-order valence-corrected chi connectivity index (χ2v) is 5.90. The number of nitrogens with zero attached hydrogens (tertiary/aromatic N) is 2. The Morgan fingerprint density at radius 3 is 2.87 bits per heavy atom. The number of nitrogens with one attached hydrogen (secondary N) is 1. The first-order valence-electron chi connectivity index (χ1n) is 7.30. The Balaban J connectivity index is 1.96. The predicted molar refractivity (Wildman–Crippen MR) is 87.6 cm³/mol. The normalized spacial score (nSPS) is 16.3. The topological polar surface area (TPSA) is 37.8 Å². The van der Waals surface area contributed by atoms with Gasteiger partial charge in [0.2, 0.25) is 0 Å². The lowest BCUT2D eigenvalue weighted by molar-refractivity contribution is 0.551. The minimum Gasteiger partial charge on any atom is -0.302 e. The van der Waals surface area contributed by atoms with E-state index in [1.807, 2.05) is 24.3 Å². The fourth-order valence-corrected chi connectivity index (χ4v) is 3.21. The molecule has 0 amide bonds. The highest BCUT2D eigenvalue weighted by Gasteiger charge is 2.26. The van der Waals surface area contributed by atoms with E-state index in [4.69, 9.17) is 11.6 Å². The van der Waals surface area contributed by atoms with Crippen molar-refractivity contribution in [2.75, 3.05) is 0 Å². The highest BCUT2D eigenvalue weighted by Crippen LogP contribution is 2.37. The number of hydrogen-bond donors (Lipinski definition) is 1. The fourth-order valence-electron chi connectivity index (χ4n) is 3.03. The Kier molecular flexibility index (Phi) is 3.56. The molecule has 0 bridgehead atoms. The van der Waals surface area contributed by atoms with Crippen molar-refractivity contribution in [3.63, 3.8) is 0 Å². The molecule has 0 spiro atoms. The van der Waals surface area contributed by atoms with E-state index in [1.165, 1.54) is 12.4 Å². The van der Waals surface area contributed by atoms with E-state index in [2.05, 4.69) is 15.3 Å². The maximum atomic E-state index is 14.3. The molecule has 114 valence electrons. The molecular formula is C18H13ClFN3. The van der Waals surface area contributed by atoms with Crippen molar-refractivity contribution in [2.45, 2.75) is 12.6 Å². The van der Waals surface area contributed by atoms with Crippen LogP contribution in [0, 0.1) is 5.82 Å². The number of benzene rings is 2. The van der Waals surface area contributed by atoms with Gasteiger partial charge in [0.15, 0.2) is 0 Å². The molecule has 3 aromatic rings. The molecule has 1 N–H and O–H groups in total. The zero-order valence-electron chi connectivity index (χ0n) is 12.1. The van der Waals surface area contributed by atoms with Crippen molar-refractivity contribution >= 4 is 11.6 Å². The summed E-state index contributed by atoms with van der Waals surface area (Å²) in [5, 5.41) is 4.01. The summed E-state index contributed by atoms with van der Waals surface area (Å²) in [5.74, 6) is -0.243. The molecule has 0 radical (unpaired) electrons. The van der Waals surface area contributed by atoms with Gasteiger partial charge in [-0.15, -0.1) is 0 Å². The monoisotopic (exact) mass is 325 g/mol.